The molecule has 0 amide bonds. The number of phenolic OH excluding ortho intramolecular Hbond substituents is 3. The summed E-state index contributed by atoms with van der Waals surface area (Å²) in [7, 11) is 1.38. The van der Waals surface area contributed by atoms with Gasteiger partial charge >= 0.3 is 0 Å². The molecular formula is C22H25O11+. The Bertz CT molecular complexity index is 1050. The molecule has 0 saturated carbocycles. The lowest BCUT2D eigenvalue weighted by molar-refractivity contribution is -0.295. The molecule has 0 radical (unpaired) electrons. The van der Waals surface area contributed by atoms with Crippen LogP contribution in [-0.2, 0) is 9.47 Å². The van der Waals surface area contributed by atoms with E-state index in [0.717, 1.165) is 6.07 Å². The number of phenols is 3. The van der Waals surface area contributed by atoms with Gasteiger partial charge in [0.05, 0.1) is 25.3 Å². The highest BCUT2D eigenvalue weighted by molar-refractivity contribution is 5.69. The zero-order valence-electron chi connectivity index (χ0n) is 17.4. The van der Waals surface area contributed by atoms with E-state index in [1.165, 1.54) is 31.4 Å². The van der Waals surface area contributed by atoms with Gasteiger partial charge in [-0.15, -0.1) is 0 Å². The van der Waals surface area contributed by atoms with E-state index in [9.17, 15) is 35.7 Å². The van der Waals surface area contributed by atoms with E-state index in [1.807, 2.05) is 0 Å². The number of rotatable bonds is 5. The summed E-state index contributed by atoms with van der Waals surface area (Å²) in [5.74, 6) is -0.0760. The molecule has 1 saturated heterocycles. The first-order chi connectivity index (χ1) is 15.7. The van der Waals surface area contributed by atoms with Crippen LogP contribution in [0.15, 0.2) is 36.1 Å². The third kappa shape index (κ3) is 4.24. The molecule has 0 aromatic heterocycles. The monoisotopic (exact) mass is 465 g/mol. The molecule has 0 aliphatic carbocycles. The predicted octanol–water partition coefficient (Wildman–Crippen LogP) is -0.0344. The normalized spacial score (nSPS) is 28.9. The van der Waals surface area contributed by atoms with Crippen LogP contribution >= 0.6 is 0 Å². The maximum Gasteiger partial charge on any atom is 0.270 e. The number of methoxy groups -OCH3 is 1. The number of aliphatic hydroxyl groups excluding tert-OH is 4. The van der Waals surface area contributed by atoms with Gasteiger partial charge < -0.3 is 54.7 Å². The van der Waals surface area contributed by atoms with E-state index in [1.54, 1.807) is 6.07 Å². The second-order valence-electron chi connectivity index (χ2n) is 7.72. The third-order valence-corrected chi connectivity index (χ3v) is 5.57. The van der Waals surface area contributed by atoms with Crippen molar-refractivity contribution in [3.8, 4) is 28.7 Å². The lowest BCUT2D eigenvalue weighted by atomic mass is 9.98. The van der Waals surface area contributed by atoms with Crippen molar-refractivity contribution in [2.45, 2.75) is 36.8 Å². The summed E-state index contributed by atoms with van der Waals surface area (Å²) in [5, 5.41) is 70.0. The van der Waals surface area contributed by atoms with Gasteiger partial charge in [0.25, 0.3) is 11.9 Å². The van der Waals surface area contributed by atoms with Gasteiger partial charge in [0, 0.05) is 12.1 Å². The van der Waals surface area contributed by atoms with Crippen LogP contribution < -0.4 is 4.74 Å². The first kappa shape index (κ1) is 23.0. The van der Waals surface area contributed by atoms with Gasteiger partial charge in [-0.05, 0) is 18.2 Å². The van der Waals surface area contributed by atoms with E-state index < -0.39 is 43.4 Å². The summed E-state index contributed by atoms with van der Waals surface area (Å²) in [4.78, 5) is 0. The number of fused-ring (bicyclic) bond motifs is 1. The van der Waals surface area contributed by atoms with Gasteiger partial charge in [-0.1, -0.05) is 0 Å². The van der Waals surface area contributed by atoms with Crippen molar-refractivity contribution in [3.63, 3.8) is 0 Å². The van der Waals surface area contributed by atoms with Crippen molar-refractivity contribution in [2.75, 3.05) is 13.7 Å². The Morgan fingerprint density at radius 3 is 2.42 bits per heavy atom. The van der Waals surface area contributed by atoms with E-state index in [4.69, 9.17) is 14.2 Å². The van der Waals surface area contributed by atoms with Crippen molar-refractivity contribution in [3.05, 3.63) is 47.2 Å². The Hall–Kier alpha value is -3.22. The maximum atomic E-state index is 10.4. The smallest absolute Gasteiger partial charge is 0.270 e. The van der Waals surface area contributed by atoms with Gasteiger partial charge in [0.1, 0.15) is 41.5 Å². The van der Waals surface area contributed by atoms with Crippen LogP contribution in [0.1, 0.15) is 17.2 Å². The van der Waals surface area contributed by atoms with Crippen LogP contribution in [0.5, 0.6) is 28.7 Å². The molecule has 8 N–H and O–H groups in total. The number of aliphatic hydroxyl groups is 5. The van der Waals surface area contributed by atoms with Gasteiger partial charge in [0.2, 0.25) is 6.29 Å². The van der Waals surface area contributed by atoms with Crippen molar-refractivity contribution in [1.82, 2.24) is 0 Å². The van der Waals surface area contributed by atoms with Crippen LogP contribution in [0.25, 0.3) is 6.08 Å². The molecule has 4 rings (SSSR count). The predicted molar refractivity (Wildman–Crippen MR) is 112 cm³/mol. The molecule has 1 unspecified atom stereocenters. The van der Waals surface area contributed by atoms with Crippen molar-refractivity contribution in [2.24, 2.45) is 0 Å². The lowest BCUT2D eigenvalue weighted by Gasteiger charge is -2.40. The Labute approximate surface area is 187 Å². The third-order valence-electron chi connectivity index (χ3n) is 5.57. The summed E-state index contributed by atoms with van der Waals surface area (Å²) in [6.45, 7) is -0.629. The fraction of sp³-hybridized carbons (Fsp3) is 0.364. The topological polar surface area (TPSA) is 182 Å². The van der Waals surface area contributed by atoms with E-state index >= 15 is 0 Å². The van der Waals surface area contributed by atoms with Crippen LogP contribution in [0, 0.1) is 0 Å². The summed E-state index contributed by atoms with van der Waals surface area (Å²) in [6, 6.07) is 6.94. The van der Waals surface area contributed by atoms with Gasteiger partial charge in [-0.3, -0.25) is 0 Å². The van der Waals surface area contributed by atoms with Crippen LogP contribution in [-0.4, -0.2) is 84.9 Å². The zero-order valence-corrected chi connectivity index (χ0v) is 17.4. The van der Waals surface area contributed by atoms with E-state index in [2.05, 4.69) is 4.74 Å². The molecule has 0 spiro atoms. The minimum atomic E-state index is -1.66. The molecule has 0 bridgehead atoms. The highest BCUT2D eigenvalue weighted by atomic mass is 16.7. The molecule has 1 fully saturated rings. The fourth-order valence-corrected chi connectivity index (χ4v) is 3.79. The minimum absolute atomic E-state index is 0.0839. The number of ether oxygens (including phenoxy) is 4. The van der Waals surface area contributed by atoms with Crippen molar-refractivity contribution < 1.29 is 54.7 Å². The summed E-state index contributed by atoms with van der Waals surface area (Å²) < 4.78 is 21.0. The van der Waals surface area contributed by atoms with Crippen molar-refractivity contribution in [1.29, 1.82) is 0 Å². The molecule has 2 heterocycles. The summed E-state index contributed by atoms with van der Waals surface area (Å²) in [6.07, 6.45) is -6.98. The largest absolute Gasteiger partial charge is 0.571 e. The van der Waals surface area contributed by atoms with E-state index in [-0.39, 0.29) is 40.1 Å². The highest BCUT2D eigenvalue weighted by Gasteiger charge is 2.46. The van der Waals surface area contributed by atoms with Crippen LogP contribution in [0.3, 0.4) is 0 Å². The molecule has 2 aliphatic rings. The standard InChI is InChI=1S/C22H24O11/c1-30-15-4-9(2-3-12(15)25)21-16(7-11-13(26)5-10(24)6-14(11)31-21)32-22-20(29)19(28)18(27)17(8-23)33-22/h2-7,17-29H,8H2,1H3/p+1/t17-,18-,19+,20-,21?,22+/m0/s1. The fourth-order valence-electron chi connectivity index (χ4n) is 3.79. The molecule has 178 valence electrons. The minimum Gasteiger partial charge on any atom is -0.571 e. The Kier molecular flexibility index (Phi) is 6.23. The Morgan fingerprint density at radius 2 is 1.73 bits per heavy atom. The average molecular weight is 465 g/mol. The summed E-state index contributed by atoms with van der Waals surface area (Å²) >= 11 is 0. The number of hydrogen-bond acceptors (Lipinski definition) is 10. The quantitative estimate of drug-likeness (QED) is 0.296. The zero-order chi connectivity index (χ0) is 23.9. The Morgan fingerprint density at radius 1 is 0.970 bits per heavy atom. The molecule has 11 nitrogen and oxygen atoms in total. The molecule has 2 aromatic carbocycles. The highest BCUT2D eigenvalue weighted by Crippen LogP contribution is 2.46. The van der Waals surface area contributed by atoms with Gasteiger partial charge in [0.15, 0.2) is 17.3 Å². The molecule has 2 aliphatic heterocycles. The average Bonchev–Trinajstić information content (AvgIpc) is 2.79. The first-order valence-corrected chi connectivity index (χ1v) is 10.1. The molecule has 33 heavy (non-hydrogen) atoms. The molecule has 6 atom stereocenters. The second kappa shape index (κ2) is 8.96. The Balaban J connectivity index is 1.75. The van der Waals surface area contributed by atoms with Gasteiger partial charge in [-0.2, -0.15) is 0 Å². The second-order valence-corrected chi connectivity index (χ2v) is 7.72. The lowest BCUT2D eigenvalue weighted by Crippen LogP contribution is -2.59. The molecule has 2 aromatic rings. The van der Waals surface area contributed by atoms with E-state index in [0.29, 0.717) is 5.56 Å². The molecular weight excluding hydrogens is 440 g/mol. The van der Waals surface area contributed by atoms with Crippen molar-refractivity contribution >= 4 is 6.08 Å². The first-order valence-electron chi connectivity index (χ1n) is 10.1. The maximum absolute atomic E-state index is 10.4. The number of benzene rings is 2. The van der Waals surface area contributed by atoms with Gasteiger partial charge in [-0.25, -0.2) is 0 Å². The number of hydrogen-bond donors (Lipinski definition) is 7. The SMILES string of the molecule is COc1cc(C2[OH+]c3cc(O)cc(O)c3C=C2O[C@@H]2O[C@@H](CO)[C@H](O)[C@@H](O)[C@@H]2O)ccc1O. The number of aromatic hydroxyl groups is 4. The van der Waals surface area contributed by atoms with Crippen LogP contribution in [0.2, 0.25) is 0 Å². The molecule has 11 heteroatoms. The summed E-state index contributed by atoms with van der Waals surface area (Å²) in [5.41, 5.74) is 0.725. The van der Waals surface area contributed by atoms with Crippen LogP contribution in [0.4, 0.5) is 0 Å².